The second-order valence-corrected chi connectivity index (χ2v) is 6.04. The highest BCUT2D eigenvalue weighted by atomic mass is 15.3. The Morgan fingerprint density at radius 3 is 2.62 bits per heavy atom. The van der Waals surface area contributed by atoms with E-state index in [9.17, 15) is 0 Å². The third-order valence-electron chi connectivity index (χ3n) is 3.26. The normalized spacial score (nSPS) is 11.6. The number of aromatic amines is 1. The molecule has 2 rings (SSSR count). The summed E-state index contributed by atoms with van der Waals surface area (Å²) < 4.78 is 0. The Morgan fingerprint density at radius 2 is 2.00 bits per heavy atom. The van der Waals surface area contributed by atoms with Gasteiger partial charge in [0.25, 0.3) is 0 Å². The van der Waals surface area contributed by atoms with E-state index < -0.39 is 0 Å². The SMILES string of the molecule is CCCNc1nc(N(CC(C)C)C(C)C)c2[nH]cnc2n1. The van der Waals surface area contributed by atoms with E-state index in [-0.39, 0.29) is 0 Å². The van der Waals surface area contributed by atoms with Crippen LogP contribution in [0.3, 0.4) is 0 Å². The Labute approximate surface area is 126 Å². The van der Waals surface area contributed by atoms with Crippen LogP contribution in [0.1, 0.15) is 41.0 Å². The number of anilines is 2. The van der Waals surface area contributed by atoms with Crippen LogP contribution >= 0.6 is 0 Å². The maximum absolute atomic E-state index is 4.72. The number of nitrogens with zero attached hydrogens (tertiary/aromatic N) is 4. The van der Waals surface area contributed by atoms with Crippen molar-refractivity contribution in [3.8, 4) is 0 Å². The molecular formula is C15H26N6. The van der Waals surface area contributed by atoms with Gasteiger partial charge in [-0.1, -0.05) is 20.8 Å². The molecule has 0 aliphatic rings. The van der Waals surface area contributed by atoms with Crippen molar-refractivity contribution in [1.82, 2.24) is 19.9 Å². The molecule has 0 saturated carbocycles. The third kappa shape index (κ3) is 3.62. The van der Waals surface area contributed by atoms with Crippen LogP contribution in [0.4, 0.5) is 11.8 Å². The van der Waals surface area contributed by atoms with Crippen molar-refractivity contribution in [1.29, 1.82) is 0 Å². The molecule has 0 fully saturated rings. The van der Waals surface area contributed by atoms with Crippen molar-refractivity contribution in [3.63, 3.8) is 0 Å². The number of nitrogens with one attached hydrogen (secondary N) is 2. The summed E-state index contributed by atoms with van der Waals surface area (Å²) >= 11 is 0. The van der Waals surface area contributed by atoms with Crippen molar-refractivity contribution in [2.24, 2.45) is 5.92 Å². The van der Waals surface area contributed by atoms with Crippen LogP contribution in [0, 0.1) is 5.92 Å². The molecule has 0 amide bonds. The Morgan fingerprint density at radius 1 is 1.24 bits per heavy atom. The molecular weight excluding hydrogens is 264 g/mol. The van der Waals surface area contributed by atoms with E-state index in [1.807, 2.05) is 0 Å². The van der Waals surface area contributed by atoms with E-state index in [0.717, 1.165) is 30.8 Å². The van der Waals surface area contributed by atoms with Gasteiger partial charge in [-0.25, -0.2) is 4.98 Å². The minimum Gasteiger partial charge on any atom is -0.354 e. The summed E-state index contributed by atoms with van der Waals surface area (Å²) in [4.78, 5) is 19.0. The van der Waals surface area contributed by atoms with E-state index in [4.69, 9.17) is 4.98 Å². The second-order valence-electron chi connectivity index (χ2n) is 6.04. The standard InChI is InChI=1S/C15H26N6/c1-6-7-16-15-19-13-12(17-9-18-13)14(20-15)21(11(4)5)8-10(2)3/h9-11H,6-8H2,1-5H3,(H2,16,17,18,19,20). The van der Waals surface area contributed by atoms with Gasteiger partial charge in [0, 0.05) is 19.1 Å². The summed E-state index contributed by atoms with van der Waals surface area (Å²) in [5.74, 6) is 2.15. The average Bonchev–Trinajstić information content (AvgIpc) is 2.89. The fourth-order valence-corrected chi connectivity index (χ4v) is 2.28. The summed E-state index contributed by atoms with van der Waals surface area (Å²) in [6.45, 7) is 12.8. The molecule has 0 aliphatic heterocycles. The van der Waals surface area contributed by atoms with E-state index >= 15 is 0 Å². The van der Waals surface area contributed by atoms with E-state index in [0.29, 0.717) is 23.6 Å². The van der Waals surface area contributed by atoms with Crippen LogP contribution in [-0.4, -0.2) is 39.1 Å². The van der Waals surface area contributed by atoms with Gasteiger partial charge in [-0.05, 0) is 26.2 Å². The summed E-state index contributed by atoms with van der Waals surface area (Å²) in [5.41, 5.74) is 1.62. The van der Waals surface area contributed by atoms with Gasteiger partial charge in [0.2, 0.25) is 5.95 Å². The number of aromatic nitrogens is 4. The lowest BCUT2D eigenvalue weighted by molar-refractivity contribution is 0.567. The van der Waals surface area contributed by atoms with Gasteiger partial charge in [-0.2, -0.15) is 9.97 Å². The zero-order valence-corrected chi connectivity index (χ0v) is 13.6. The predicted octanol–water partition coefficient (Wildman–Crippen LogP) is 3.05. The van der Waals surface area contributed by atoms with Gasteiger partial charge < -0.3 is 15.2 Å². The first-order valence-corrected chi connectivity index (χ1v) is 7.74. The lowest BCUT2D eigenvalue weighted by atomic mass is 10.2. The zero-order valence-electron chi connectivity index (χ0n) is 13.6. The number of imidazole rings is 1. The Balaban J connectivity index is 2.45. The van der Waals surface area contributed by atoms with Gasteiger partial charge in [-0.15, -0.1) is 0 Å². The predicted molar refractivity (Wildman–Crippen MR) is 87.8 cm³/mol. The van der Waals surface area contributed by atoms with Crippen LogP contribution in [0.25, 0.3) is 11.2 Å². The van der Waals surface area contributed by atoms with E-state index in [2.05, 4.69) is 59.8 Å². The molecule has 116 valence electrons. The highest BCUT2D eigenvalue weighted by Gasteiger charge is 2.19. The molecule has 0 radical (unpaired) electrons. The first kappa shape index (κ1) is 15.5. The van der Waals surface area contributed by atoms with Crippen LogP contribution in [0.2, 0.25) is 0 Å². The van der Waals surface area contributed by atoms with Crippen LogP contribution < -0.4 is 10.2 Å². The van der Waals surface area contributed by atoms with Crippen LogP contribution in [0.15, 0.2) is 6.33 Å². The summed E-state index contributed by atoms with van der Waals surface area (Å²) in [7, 11) is 0. The number of H-pyrrole nitrogens is 1. The highest BCUT2D eigenvalue weighted by molar-refractivity contribution is 5.84. The lowest BCUT2D eigenvalue weighted by Crippen LogP contribution is -2.35. The maximum Gasteiger partial charge on any atom is 0.226 e. The minimum atomic E-state index is 0.368. The quantitative estimate of drug-likeness (QED) is 0.820. The Bertz CT molecular complexity index is 575. The molecule has 2 N–H and O–H groups in total. The molecule has 0 spiro atoms. The first-order chi connectivity index (χ1) is 10.0. The minimum absolute atomic E-state index is 0.368. The van der Waals surface area contributed by atoms with Crippen molar-refractivity contribution in [2.45, 2.75) is 47.1 Å². The molecule has 6 heteroatoms. The molecule has 6 nitrogen and oxygen atoms in total. The maximum atomic E-state index is 4.72. The first-order valence-electron chi connectivity index (χ1n) is 7.74. The van der Waals surface area contributed by atoms with E-state index in [1.54, 1.807) is 6.33 Å². The topological polar surface area (TPSA) is 69.7 Å². The van der Waals surface area contributed by atoms with Gasteiger partial charge in [0.1, 0.15) is 5.52 Å². The van der Waals surface area contributed by atoms with Crippen molar-refractivity contribution < 1.29 is 0 Å². The molecule has 2 heterocycles. The molecule has 0 aromatic carbocycles. The fourth-order valence-electron chi connectivity index (χ4n) is 2.28. The molecule has 21 heavy (non-hydrogen) atoms. The molecule has 0 unspecified atom stereocenters. The van der Waals surface area contributed by atoms with E-state index in [1.165, 1.54) is 0 Å². The number of hydrogen-bond acceptors (Lipinski definition) is 5. The van der Waals surface area contributed by atoms with Crippen LogP contribution in [0.5, 0.6) is 0 Å². The highest BCUT2D eigenvalue weighted by Crippen LogP contribution is 2.25. The smallest absolute Gasteiger partial charge is 0.226 e. The van der Waals surface area contributed by atoms with Gasteiger partial charge in [0.05, 0.1) is 6.33 Å². The monoisotopic (exact) mass is 290 g/mol. The Hall–Kier alpha value is -1.85. The summed E-state index contributed by atoms with van der Waals surface area (Å²) in [5, 5.41) is 3.26. The molecule has 0 aliphatic carbocycles. The van der Waals surface area contributed by atoms with Crippen molar-refractivity contribution in [3.05, 3.63) is 6.33 Å². The summed E-state index contributed by atoms with van der Waals surface area (Å²) in [6, 6.07) is 0.368. The molecule has 0 bridgehead atoms. The number of fused-ring (bicyclic) bond motifs is 1. The molecule has 0 saturated heterocycles. The molecule has 2 aromatic heterocycles. The fraction of sp³-hybridized carbons (Fsp3) is 0.667. The largest absolute Gasteiger partial charge is 0.354 e. The van der Waals surface area contributed by atoms with Crippen LogP contribution in [-0.2, 0) is 0 Å². The lowest BCUT2D eigenvalue weighted by Gasteiger charge is -2.30. The van der Waals surface area contributed by atoms with Crippen molar-refractivity contribution >= 4 is 22.9 Å². The number of hydrogen-bond donors (Lipinski definition) is 2. The van der Waals surface area contributed by atoms with Gasteiger partial charge >= 0.3 is 0 Å². The second kappa shape index (κ2) is 6.74. The van der Waals surface area contributed by atoms with Gasteiger partial charge in [0.15, 0.2) is 11.5 Å². The zero-order chi connectivity index (χ0) is 15.4. The number of rotatable bonds is 7. The average molecular weight is 290 g/mol. The third-order valence-corrected chi connectivity index (χ3v) is 3.26. The van der Waals surface area contributed by atoms with Crippen molar-refractivity contribution in [2.75, 3.05) is 23.3 Å². The summed E-state index contributed by atoms with van der Waals surface area (Å²) in [6.07, 6.45) is 2.72. The Kier molecular flexibility index (Phi) is 4.98. The molecule has 2 aromatic rings. The van der Waals surface area contributed by atoms with Gasteiger partial charge in [-0.3, -0.25) is 0 Å². The molecule has 0 atom stereocenters.